The highest BCUT2D eigenvalue weighted by Crippen LogP contribution is 2.21. The fourth-order valence-corrected chi connectivity index (χ4v) is 5.15. The Kier molecular flexibility index (Phi) is 7.93. The Labute approximate surface area is 231 Å². The summed E-state index contributed by atoms with van der Waals surface area (Å²) < 4.78 is 5.72. The van der Waals surface area contributed by atoms with Crippen LogP contribution < -0.4 is 26.7 Å². The molecule has 0 radical (unpaired) electrons. The lowest BCUT2D eigenvalue weighted by Crippen LogP contribution is -2.63. The molecule has 0 saturated carbocycles. The maximum absolute atomic E-state index is 13.3. The van der Waals surface area contributed by atoms with Crippen LogP contribution in [0.25, 0.3) is 21.7 Å². The summed E-state index contributed by atoms with van der Waals surface area (Å²) in [6.07, 6.45) is 0.974. The molecule has 2 heterocycles. The van der Waals surface area contributed by atoms with Gasteiger partial charge in [-0.15, -0.1) is 0 Å². The smallest absolute Gasteiger partial charge is 0.288 e. The first-order valence-electron chi connectivity index (χ1n) is 13.4. The number of hydrogen-bond donors (Lipinski definition) is 4. The molecule has 5 rings (SSSR count). The molecule has 4 aromatic rings. The summed E-state index contributed by atoms with van der Waals surface area (Å²) in [5.74, 6) is -1.26. The first kappa shape index (κ1) is 27.1. The lowest BCUT2D eigenvalue weighted by Gasteiger charge is -2.36. The predicted octanol–water partition coefficient (Wildman–Crippen LogP) is 2.58. The third-order valence-electron chi connectivity index (χ3n) is 7.31. The number of fused-ring (bicyclic) bond motifs is 2. The van der Waals surface area contributed by atoms with Crippen molar-refractivity contribution in [2.75, 3.05) is 26.2 Å². The molecule has 1 fully saturated rings. The SMILES string of the molecule is Cc1ccc2oc(C(=O)NC3(C(=O)NCCNC(=O)Cc4cccc5ccccc45)CCNCC3)cc(=O)c2c1. The summed E-state index contributed by atoms with van der Waals surface area (Å²) in [6.45, 7) is 3.40. The number of benzene rings is 3. The third-order valence-corrected chi connectivity index (χ3v) is 7.31. The van der Waals surface area contributed by atoms with E-state index < -0.39 is 11.4 Å². The van der Waals surface area contributed by atoms with Crippen LogP contribution in [0.5, 0.6) is 0 Å². The van der Waals surface area contributed by atoms with Crippen molar-refractivity contribution >= 4 is 39.5 Å². The molecule has 206 valence electrons. The maximum atomic E-state index is 13.3. The van der Waals surface area contributed by atoms with Crippen LogP contribution in [-0.2, 0) is 16.0 Å². The van der Waals surface area contributed by atoms with Gasteiger partial charge in [0.2, 0.25) is 11.8 Å². The molecule has 0 unspecified atom stereocenters. The summed E-state index contributed by atoms with van der Waals surface area (Å²) in [5.41, 5.74) is 0.666. The molecule has 3 aromatic carbocycles. The number of hydrogen-bond acceptors (Lipinski definition) is 6. The Morgan fingerprint density at radius 2 is 1.65 bits per heavy atom. The first-order valence-corrected chi connectivity index (χ1v) is 13.4. The average Bonchev–Trinajstić information content (AvgIpc) is 2.96. The van der Waals surface area contributed by atoms with Crippen LogP contribution in [0.1, 0.15) is 34.5 Å². The second-order valence-corrected chi connectivity index (χ2v) is 10.2. The molecule has 0 spiro atoms. The van der Waals surface area contributed by atoms with Gasteiger partial charge in [0.15, 0.2) is 11.2 Å². The van der Waals surface area contributed by atoms with E-state index in [-0.39, 0.29) is 42.5 Å². The molecule has 1 aromatic heterocycles. The standard InChI is InChI=1S/C31H32N4O5/c1-20-9-10-26-24(17-20)25(36)19-27(40-26)29(38)35-31(11-13-32-14-12-31)30(39)34-16-15-33-28(37)18-22-7-4-6-21-5-2-3-8-23(21)22/h2-10,17,19,32H,11-16,18H2,1H3,(H,33,37)(H,34,39)(H,35,38). The number of nitrogens with one attached hydrogen (secondary N) is 4. The van der Waals surface area contributed by atoms with Gasteiger partial charge in [-0.1, -0.05) is 54.1 Å². The summed E-state index contributed by atoms with van der Waals surface area (Å²) in [6, 6.07) is 20.1. The van der Waals surface area contributed by atoms with Crippen LogP contribution in [0.4, 0.5) is 0 Å². The number of rotatable bonds is 8. The molecular weight excluding hydrogens is 508 g/mol. The van der Waals surface area contributed by atoms with Crippen LogP contribution in [0, 0.1) is 6.92 Å². The molecule has 40 heavy (non-hydrogen) atoms. The van der Waals surface area contributed by atoms with Gasteiger partial charge in [0.1, 0.15) is 11.1 Å². The van der Waals surface area contributed by atoms with Crippen LogP contribution in [0.3, 0.4) is 0 Å². The van der Waals surface area contributed by atoms with Crippen LogP contribution >= 0.6 is 0 Å². The van der Waals surface area contributed by atoms with E-state index in [1.54, 1.807) is 18.2 Å². The maximum Gasteiger partial charge on any atom is 0.288 e. The largest absolute Gasteiger partial charge is 0.451 e. The summed E-state index contributed by atoms with van der Waals surface area (Å²) in [4.78, 5) is 51.7. The highest BCUT2D eigenvalue weighted by molar-refractivity contribution is 5.98. The van der Waals surface area contributed by atoms with Gasteiger partial charge in [-0.25, -0.2) is 0 Å². The normalized spacial score (nSPS) is 14.5. The molecule has 4 N–H and O–H groups in total. The van der Waals surface area contributed by atoms with Gasteiger partial charge in [0.05, 0.1) is 11.8 Å². The van der Waals surface area contributed by atoms with Crippen molar-refractivity contribution in [1.82, 2.24) is 21.3 Å². The molecule has 0 atom stereocenters. The van der Waals surface area contributed by atoms with Crippen LogP contribution in [0.15, 0.2) is 75.9 Å². The molecular formula is C31H32N4O5. The van der Waals surface area contributed by atoms with Crippen molar-refractivity contribution in [3.8, 4) is 0 Å². The molecule has 9 nitrogen and oxygen atoms in total. The minimum Gasteiger partial charge on any atom is -0.451 e. The number of carbonyl (C=O) groups excluding carboxylic acids is 3. The molecule has 1 aliphatic rings. The van der Waals surface area contributed by atoms with Crippen molar-refractivity contribution in [3.05, 3.63) is 93.8 Å². The zero-order chi connectivity index (χ0) is 28.1. The fourth-order valence-electron chi connectivity index (χ4n) is 5.15. The summed E-state index contributed by atoms with van der Waals surface area (Å²) >= 11 is 0. The van der Waals surface area contributed by atoms with Crippen LogP contribution in [-0.4, -0.2) is 49.4 Å². The predicted molar refractivity (Wildman–Crippen MR) is 153 cm³/mol. The van der Waals surface area contributed by atoms with E-state index in [4.69, 9.17) is 4.42 Å². The van der Waals surface area contributed by atoms with E-state index >= 15 is 0 Å². The van der Waals surface area contributed by atoms with Crippen molar-refractivity contribution in [3.63, 3.8) is 0 Å². The third kappa shape index (κ3) is 5.89. The van der Waals surface area contributed by atoms with Crippen molar-refractivity contribution in [1.29, 1.82) is 0 Å². The number of amides is 3. The Morgan fingerprint density at radius 1 is 0.900 bits per heavy atom. The van der Waals surface area contributed by atoms with Gasteiger partial charge < -0.3 is 25.7 Å². The highest BCUT2D eigenvalue weighted by atomic mass is 16.3. The molecule has 3 amide bonds. The monoisotopic (exact) mass is 540 g/mol. The second kappa shape index (κ2) is 11.7. The topological polar surface area (TPSA) is 130 Å². The average molecular weight is 541 g/mol. The zero-order valence-corrected chi connectivity index (χ0v) is 22.3. The van der Waals surface area contributed by atoms with Crippen LogP contribution in [0.2, 0.25) is 0 Å². The molecule has 1 saturated heterocycles. The molecule has 1 aliphatic heterocycles. The minimum absolute atomic E-state index is 0.142. The van der Waals surface area contributed by atoms with E-state index in [1.807, 2.05) is 49.4 Å². The first-order chi connectivity index (χ1) is 19.3. The molecule has 0 aliphatic carbocycles. The van der Waals surface area contributed by atoms with Gasteiger partial charge in [-0.2, -0.15) is 0 Å². The lowest BCUT2D eigenvalue weighted by molar-refractivity contribution is -0.128. The second-order valence-electron chi connectivity index (χ2n) is 10.2. The Balaban J connectivity index is 1.20. The van der Waals surface area contributed by atoms with E-state index in [0.717, 1.165) is 28.0 Å². The molecule has 9 heteroatoms. The van der Waals surface area contributed by atoms with Crippen molar-refractivity contribution in [2.24, 2.45) is 0 Å². The Morgan fingerprint density at radius 3 is 2.48 bits per heavy atom. The van der Waals surface area contributed by atoms with Gasteiger partial charge in [-0.05, 0) is 61.3 Å². The van der Waals surface area contributed by atoms with E-state index in [1.165, 1.54) is 0 Å². The van der Waals surface area contributed by atoms with Gasteiger partial charge in [0, 0.05) is 19.2 Å². The number of piperidine rings is 1. The van der Waals surface area contributed by atoms with E-state index in [9.17, 15) is 19.2 Å². The fraction of sp³-hybridized carbons (Fsp3) is 0.290. The van der Waals surface area contributed by atoms with Crippen molar-refractivity contribution in [2.45, 2.75) is 31.7 Å². The zero-order valence-electron chi connectivity index (χ0n) is 22.3. The summed E-state index contributed by atoms with van der Waals surface area (Å²) in [5, 5.41) is 14.3. The Bertz CT molecular complexity index is 1630. The van der Waals surface area contributed by atoms with E-state index in [0.29, 0.717) is 36.9 Å². The van der Waals surface area contributed by atoms with Gasteiger partial charge >= 0.3 is 0 Å². The minimum atomic E-state index is -1.17. The highest BCUT2D eigenvalue weighted by Gasteiger charge is 2.41. The van der Waals surface area contributed by atoms with Gasteiger partial charge in [0.25, 0.3) is 5.91 Å². The quantitative estimate of drug-likeness (QED) is 0.254. The Hall–Kier alpha value is -4.50. The van der Waals surface area contributed by atoms with E-state index in [2.05, 4.69) is 21.3 Å². The summed E-state index contributed by atoms with van der Waals surface area (Å²) in [7, 11) is 0. The van der Waals surface area contributed by atoms with Crippen molar-refractivity contribution < 1.29 is 18.8 Å². The number of aryl methyl sites for hydroxylation is 1. The lowest BCUT2D eigenvalue weighted by atomic mass is 9.87. The number of carbonyl (C=O) groups is 3. The molecule has 0 bridgehead atoms. The van der Waals surface area contributed by atoms with Gasteiger partial charge in [-0.3, -0.25) is 19.2 Å².